The summed E-state index contributed by atoms with van der Waals surface area (Å²) in [6.07, 6.45) is 0. The number of carbonyl (C=O) groups excluding carboxylic acids is 2. The van der Waals surface area contributed by atoms with Gasteiger partial charge < -0.3 is 19.8 Å². The molecule has 13 heavy (non-hydrogen) atoms. The van der Waals surface area contributed by atoms with E-state index in [9.17, 15) is 19.8 Å². The minimum Gasteiger partial charge on any atom is -0.545 e. The maximum atomic E-state index is 9.49. The molecule has 0 N–H and O–H groups in total. The first-order valence-electron chi connectivity index (χ1n) is 3.02. The molecule has 0 saturated carbocycles. The first-order chi connectivity index (χ1) is 5.29. The SMILES string of the molecule is C=C(C)C(=O)[O-].C=C(C)C(=O)[O-].[Sn+2]. The summed E-state index contributed by atoms with van der Waals surface area (Å²) in [5.74, 6) is -2.37. The third-order valence-corrected chi connectivity index (χ3v) is 0.697. The summed E-state index contributed by atoms with van der Waals surface area (Å²) in [6, 6.07) is 0. The van der Waals surface area contributed by atoms with Crippen molar-refractivity contribution in [3.63, 3.8) is 0 Å². The number of carbonyl (C=O) groups is 2. The van der Waals surface area contributed by atoms with Crippen LogP contribution in [0.1, 0.15) is 13.8 Å². The van der Waals surface area contributed by atoms with Crippen LogP contribution in [0.15, 0.2) is 24.3 Å². The van der Waals surface area contributed by atoms with Gasteiger partial charge in [0.1, 0.15) is 0 Å². The molecule has 70 valence electrons. The number of carboxylic acid groups (broad SMARTS) is 2. The molecular weight excluding hydrogens is 279 g/mol. The zero-order valence-corrected chi connectivity index (χ0v) is 10.4. The molecule has 0 amide bonds. The fourth-order valence-electron chi connectivity index (χ4n) is 0. The zero-order chi connectivity index (χ0) is 10.3. The van der Waals surface area contributed by atoms with Gasteiger partial charge in [0.2, 0.25) is 0 Å². The van der Waals surface area contributed by atoms with Crippen molar-refractivity contribution in [3.8, 4) is 0 Å². The molecule has 4 nitrogen and oxygen atoms in total. The van der Waals surface area contributed by atoms with Crippen LogP contribution in [0, 0.1) is 0 Å². The molecule has 0 aliphatic carbocycles. The van der Waals surface area contributed by atoms with Gasteiger partial charge in [0, 0.05) is 0 Å². The van der Waals surface area contributed by atoms with Crippen molar-refractivity contribution in [2.45, 2.75) is 13.8 Å². The average molecular weight is 289 g/mol. The van der Waals surface area contributed by atoms with E-state index in [1.807, 2.05) is 0 Å². The summed E-state index contributed by atoms with van der Waals surface area (Å²) in [5, 5.41) is 19.0. The van der Waals surface area contributed by atoms with Gasteiger partial charge in [-0.25, -0.2) is 0 Å². The molecule has 0 heterocycles. The van der Waals surface area contributed by atoms with Crippen LogP contribution in [0.2, 0.25) is 0 Å². The first kappa shape index (κ1) is 18.1. The van der Waals surface area contributed by atoms with Gasteiger partial charge >= 0.3 is 23.9 Å². The van der Waals surface area contributed by atoms with Gasteiger partial charge in [-0.3, -0.25) is 0 Å². The number of hydrogen-bond donors (Lipinski definition) is 0. The Morgan fingerprint density at radius 2 is 1.00 bits per heavy atom. The average Bonchev–Trinajstić information content (AvgIpc) is 1.88. The molecular formula is C8H10O4Sn. The van der Waals surface area contributed by atoms with Gasteiger partial charge in [-0.15, -0.1) is 0 Å². The first-order valence-corrected chi connectivity index (χ1v) is 3.02. The van der Waals surface area contributed by atoms with Crippen LogP contribution in [0.25, 0.3) is 0 Å². The van der Waals surface area contributed by atoms with Crippen LogP contribution in [0.3, 0.4) is 0 Å². The second-order valence-corrected chi connectivity index (χ2v) is 2.14. The van der Waals surface area contributed by atoms with Gasteiger partial charge in [-0.05, 0) is 25.0 Å². The fraction of sp³-hybridized carbons (Fsp3) is 0.250. The molecule has 0 aromatic carbocycles. The standard InChI is InChI=1S/2C4H6O2.Sn/c2*1-3(2)4(5)6;/h2*1H2,2H3,(H,5,6);/q;;+2/p-2. The van der Waals surface area contributed by atoms with Crippen LogP contribution >= 0.6 is 0 Å². The second kappa shape index (κ2) is 9.31. The molecule has 2 radical (unpaired) electrons. The van der Waals surface area contributed by atoms with Gasteiger partial charge in [-0.2, -0.15) is 0 Å². The number of rotatable bonds is 2. The minimum absolute atomic E-state index is 0. The van der Waals surface area contributed by atoms with Crippen molar-refractivity contribution in [2.75, 3.05) is 0 Å². The Labute approximate surface area is 93.9 Å². The Balaban J connectivity index is -0.000000143. The summed E-state index contributed by atoms with van der Waals surface area (Å²) in [7, 11) is 0. The molecule has 0 aromatic heterocycles. The number of aliphatic carboxylic acids is 2. The molecule has 5 heteroatoms. The van der Waals surface area contributed by atoms with Crippen molar-refractivity contribution in [2.24, 2.45) is 0 Å². The van der Waals surface area contributed by atoms with Crippen LogP contribution in [-0.4, -0.2) is 35.8 Å². The fourth-order valence-corrected chi connectivity index (χ4v) is 0. The van der Waals surface area contributed by atoms with E-state index in [2.05, 4.69) is 13.2 Å². The molecule has 0 aliphatic rings. The molecule has 0 fully saturated rings. The summed E-state index contributed by atoms with van der Waals surface area (Å²) in [5.41, 5.74) is 0.130. The summed E-state index contributed by atoms with van der Waals surface area (Å²) >= 11 is 0. The maximum absolute atomic E-state index is 9.49. The Kier molecular flexibility index (Phi) is 13.0. The normalized spacial score (nSPS) is 6.92. The smallest absolute Gasteiger partial charge is 0.545 e. The summed E-state index contributed by atoms with van der Waals surface area (Å²) < 4.78 is 0. The molecule has 0 saturated heterocycles. The Hall–Kier alpha value is -0.781. The van der Waals surface area contributed by atoms with Crippen molar-refractivity contribution in [1.82, 2.24) is 0 Å². The zero-order valence-electron chi connectivity index (χ0n) is 7.55. The van der Waals surface area contributed by atoms with E-state index in [0.717, 1.165) is 0 Å². The van der Waals surface area contributed by atoms with Crippen molar-refractivity contribution in [1.29, 1.82) is 0 Å². The van der Waals surface area contributed by atoms with Gasteiger partial charge in [0.25, 0.3) is 0 Å². The topological polar surface area (TPSA) is 80.3 Å². The quantitative estimate of drug-likeness (QED) is 0.446. The van der Waals surface area contributed by atoms with Crippen molar-refractivity contribution in [3.05, 3.63) is 24.3 Å². The minimum atomic E-state index is -1.19. The summed E-state index contributed by atoms with van der Waals surface area (Å²) in [4.78, 5) is 19.0. The number of hydrogen-bond acceptors (Lipinski definition) is 4. The van der Waals surface area contributed by atoms with Crippen LogP contribution in [0.4, 0.5) is 0 Å². The predicted molar refractivity (Wildman–Crippen MR) is 45.4 cm³/mol. The molecule has 0 spiro atoms. The van der Waals surface area contributed by atoms with E-state index < -0.39 is 11.9 Å². The maximum Gasteiger partial charge on any atom is 2.00 e. The molecule has 0 rings (SSSR count). The molecule has 0 aliphatic heterocycles. The molecule has 0 aromatic rings. The van der Waals surface area contributed by atoms with E-state index in [1.165, 1.54) is 13.8 Å². The van der Waals surface area contributed by atoms with E-state index in [0.29, 0.717) is 0 Å². The summed E-state index contributed by atoms with van der Waals surface area (Å²) in [6.45, 7) is 8.95. The monoisotopic (exact) mass is 290 g/mol. The van der Waals surface area contributed by atoms with Gasteiger partial charge in [0.15, 0.2) is 0 Å². The van der Waals surface area contributed by atoms with E-state index >= 15 is 0 Å². The molecule has 0 bridgehead atoms. The van der Waals surface area contributed by atoms with Crippen LogP contribution < -0.4 is 10.2 Å². The van der Waals surface area contributed by atoms with E-state index in [4.69, 9.17) is 0 Å². The van der Waals surface area contributed by atoms with Gasteiger partial charge in [0.05, 0.1) is 11.9 Å². The Bertz CT molecular complexity index is 172. The molecule has 0 unspecified atom stereocenters. The predicted octanol–water partition coefficient (Wildman–Crippen LogP) is -1.76. The molecule has 0 atom stereocenters. The number of carboxylic acids is 2. The van der Waals surface area contributed by atoms with Crippen LogP contribution in [0.5, 0.6) is 0 Å². The van der Waals surface area contributed by atoms with Gasteiger partial charge in [-0.1, -0.05) is 13.2 Å². The Morgan fingerprint density at radius 3 is 1.00 bits per heavy atom. The van der Waals surface area contributed by atoms with E-state index in [1.54, 1.807) is 0 Å². The Morgan fingerprint density at radius 1 is 0.923 bits per heavy atom. The third kappa shape index (κ3) is 18.3. The third-order valence-electron chi connectivity index (χ3n) is 0.697. The second-order valence-electron chi connectivity index (χ2n) is 2.14. The van der Waals surface area contributed by atoms with Crippen molar-refractivity contribution >= 4 is 35.8 Å². The van der Waals surface area contributed by atoms with E-state index in [-0.39, 0.29) is 35.1 Å². The van der Waals surface area contributed by atoms with Crippen molar-refractivity contribution < 1.29 is 19.8 Å². The largest absolute Gasteiger partial charge is 2.00 e. The van der Waals surface area contributed by atoms with Crippen LogP contribution in [-0.2, 0) is 9.59 Å².